The molecule has 0 fully saturated rings. The Kier molecular flexibility index (Phi) is 3.81. The van der Waals surface area contributed by atoms with Crippen molar-refractivity contribution in [3.8, 4) is 12.3 Å². The lowest BCUT2D eigenvalue weighted by Crippen LogP contribution is -1.97. The van der Waals surface area contributed by atoms with Crippen molar-refractivity contribution in [1.29, 1.82) is 0 Å². The highest BCUT2D eigenvalue weighted by atomic mass is 32.3. The topological polar surface area (TPSA) is 0 Å². The number of unbranched alkanes of at least 4 members (excludes halogenated alkanes) is 1. The molecule has 0 aliphatic rings. The van der Waals surface area contributed by atoms with Crippen molar-refractivity contribution >= 4 is 10.0 Å². The zero-order valence-corrected chi connectivity index (χ0v) is 7.42. The lowest BCUT2D eigenvalue weighted by Gasteiger charge is -2.24. The van der Waals surface area contributed by atoms with Gasteiger partial charge in [-0.05, 0) is 30.9 Å². The highest BCUT2D eigenvalue weighted by molar-refractivity contribution is 8.32. The van der Waals surface area contributed by atoms with Crippen molar-refractivity contribution in [2.24, 2.45) is 0 Å². The predicted molar refractivity (Wildman–Crippen MR) is 48.3 cm³/mol. The van der Waals surface area contributed by atoms with E-state index in [0.29, 0.717) is 0 Å². The second kappa shape index (κ2) is 3.85. The van der Waals surface area contributed by atoms with E-state index >= 15 is 0 Å². The fourth-order valence-corrected chi connectivity index (χ4v) is 1.62. The molecular weight excluding hydrogens is 128 g/mol. The van der Waals surface area contributed by atoms with Crippen LogP contribution in [0.25, 0.3) is 0 Å². The molecule has 0 amide bonds. The summed E-state index contributed by atoms with van der Waals surface area (Å²) >= 11 is 0. The van der Waals surface area contributed by atoms with Gasteiger partial charge in [0, 0.05) is 6.42 Å². The third-order valence-electron chi connectivity index (χ3n) is 1.08. The Morgan fingerprint density at radius 1 is 1.33 bits per heavy atom. The summed E-state index contributed by atoms with van der Waals surface area (Å²) in [4.78, 5) is 0. The van der Waals surface area contributed by atoms with Crippen molar-refractivity contribution in [2.45, 2.75) is 12.8 Å². The summed E-state index contributed by atoms with van der Waals surface area (Å²) < 4.78 is 0. The number of hydrogen-bond acceptors (Lipinski definition) is 0. The molecule has 0 heterocycles. The molecule has 0 N–H and O–H groups in total. The van der Waals surface area contributed by atoms with E-state index in [2.05, 4.69) is 24.7 Å². The van der Waals surface area contributed by atoms with E-state index in [1.54, 1.807) is 0 Å². The van der Waals surface area contributed by atoms with Gasteiger partial charge in [0.2, 0.25) is 0 Å². The Balaban J connectivity index is 3.20. The van der Waals surface area contributed by atoms with Gasteiger partial charge < -0.3 is 0 Å². The molecule has 0 nitrogen and oxygen atoms in total. The average Bonchev–Trinajstić information content (AvgIpc) is 1.63. The van der Waals surface area contributed by atoms with Crippen LogP contribution in [0, 0.1) is 12.3 Å². The first kappa shape index (κ1) is 8.91. The molecule has 0 aliphatic carbocycles. The van der Waals surface area contributed by atoms with Crippen molar-refractivity contribution in [1.82, 2.24) is 0 Å². The standard InChI is InChI=1S/C8H16S/c1-5-6-7-8-9(2,3)4/h1H,6-8H2,2-4H3. The van der Waals surface area contributed by atoms with Crippen LogP contribution >= 0.6 is 10.0 Å². The minimum Gasteiger partial charge on any atom is -0.250 e. The summed E-state index contributed by atoms with van der Waals surface area (Å²) in [6.07, 6.45) is 14.2. The maximum absolute atomic E-state index is 5.12. The van der Waals surface area contributed by atoms with Gasteiger partial charge in [0.25, 0.3) is 0 Å². The molecule has 0 bridgehead atoms. The maximum Gasteiger partial charge on any atom is 0.00933 e. The van der Waals surface area contributed by atoms with Gasteiger partial charge in [-0.25, -0.2) is 10.0 Å². The van der Waals surface area contributed by atoms with Crippen molar-refractivity contribution < 1.29 is 0 Å². The molecule has 0 atom stereocenters. The Morgan fingerprint density at radius 2 is 1.89 bits per heavy atom. The maximum atomic E-state index is 5.12. The van der Waals surface area contributed by atoms with Gasteiger partial charge in [-0.3, -0.25) is 0 Å². The first-order chi connectivity index (χ1) is 4.06. The van der Waals surface area contributed by atoms with E-state index in [1.165, 1.54) is 12.2 Å². The van der Waals surface area contributed by atoms with E-state index in [0.717, 1.165) is 6.42 Å². The Hall–Kier alpha value is -0.0900. The molecule has 0 aliphatic heterocycles. The highest BCUT2D eigenvalue weighted by Crippen LogP contribution is 2.35. The van der Waals surface area contributed by atoms with Gasteiger partial charge in [-0.2, -0.15) is 0 Å². The molecule has 0 saturated heterocycles. The van der Waals surface area contributed by atoms with Gasteiger partial charge in [-0.1, -0.05) is 0 Å². The van der Waals surface area contributed by atoms with Gasteiger partial charge in [0.05, 0.1) is 0 Å². The third kappa shape index (κ3) is 7.91. The molecule has 0 rings (SSSR count). The number of hydrogen-bond donors (Lipinski definition) is 0. The zero-order valence-electron chi connectivity index (χ0n) is 6.61. The molecule has 0 spiro atoms. The second-order valence-corrected chi connectivity index (χ2v) is 7.69. The number of terminal acetylenes is 1. The van der Waals surface area contributed by atoms with Crippen LogP contribution in [0.15, 0.2) is 0 Å². The Morgan fingerprint density at radius 3 is 2.22 bits per heavy atom. The summed E-state index contributed by atoms with van der Waals surface area (Å²) in [6.45, 7) is 0. The van der Waals surface area contributed by atoms with E-state index in [1.807, 2.05) is 0 Å². The molecule has 9 heavy (non-hydrogen) atoms. The lowest BCUT2D eigenvalue weighted by molar-refractivity contribution is 0.993. The van der Waals surface area contributed by atoms with E-state index in [9.17, 15) is 0 Å². The largest absolute Gasteiger partial charge is 0.250 e. The van der Waals surface area contributed by atoms with E-state index in [4.69, 9.17) is 6.42 Å². The molecule has 0 saturated carbocycles. The van der Waals surface area contributed by atoms with Crippen LogP contribution in [-0.2, 0) is 0 Å². The summed E-state index contributed by atoms with van der Waals surface area (Å²) in [5, 5.41) is 0. The highest BCUT2D eigenvalue weighted by Gasteiger charge is 2.00. The Labute approximate surface area is 60.4 Å². The fraction of sp³-hybridized carbons (Fsp3) is 0.750. The first-order valence-electron chi connectivity index (χ1n) is 3.16. The normalized spacial score (nSPS) is 12.7. The molecule has 1 heteroatoms. The minimum absolute atomic E-state index is 0.292. The molecule has 0 aromatic carbocycles. The Bertz CT molecular complexity index is 103. The van der Waals surface area contributed by atoms with Crippen LogP contribution in [0.4, 0.5) is 0 Å². The molecule has 0 aromatic heterocycles. The van der Waals surface area contributed by atoms with Crippen LogP contribution in [0.2, 0.25) is 0 Å². The molecule has 0 unspecified atom stereocenters. The van der Waals surface area contributed by atoms with Crippen LogP contribution in [0.1, 0.15) is 12.8 Å². The smallest absolute Gasteiger partial charge is 0.00933 e. The van der Waals surface area contributed by atoms with Gasteiger partial charge >= 0.3 is 0 Å². The molecule has 0 radical (unpaired) electrons. The molecule has 0 aromatic rings. The fourth-order valence-electron chi connectivity index (χ4n) is 0.607. The number of rotatable bonds is 3. The summed E-state index contributed by atoms with van der Waals surface area (Å²) in [7, 11) is -0.292. The predicted octanol–water partition coefficient (Wildman–Crippen LogP) is 2.09. The van der Waals surface area contributed by atoms with E-state index < -0.39 is 0 Å². The van der Waals surface area contributed by atoms with Gasteiger partial charge in [-0.15, -0.1) is 12.3 Å². The van der Waals surface area contributed by atoms with Crippen LogP contribution in [-0.4, -0.2) is 24.5 Å². The monoisotopic (exact) mass is 144 g/mol. The van der Waals surface area contributed by atoms with Crippen LogP contribution < -0.4 is 0 Å². The average molecular weight is 144 g/mol. The quantitative estimate of drug-likeness (QED) is 0.420. The van der Waals surface area contributed by atoms with Crippen molar-refractivity contribution in [2.75, 3.05) is 24.5 Å². The van der Waals surface area contributed by atoms with E-state index in [-0.39, 0.29) is 10.0 Å². The summed E-state index contributed by atoms with van der Waals surface area (Å²) in [5.41, 5.74) is 0. The van der Waals surface area contributed by atoms with Gasteiger partial charge in [0.15, 0.2) is 0 Å². The second-order valence-electron chi connectivity index (χ2n) is 3.10. The molecular formula is C8H16S. The van der Waals surface area contributed by atoms with Crippen LogP contribution in [0.5, 0.6) is 0 Å². The van der Waals surface area contributed by atoms with Crippen LogP contribution in [0.3, 0.4) is 0 Å². The zero-order chi connectivity index (χ0) is 7.33. The lowest BCUT2D eigenvalue weighted by atomic mass is 10.4. The summed E-state index contributed by atoms with van der Waals surface area (Å²) in [6, 6.07) is 0. The first-order valence-corrected chi connectivity index (χ1v) is 6.18. The summed E-state index contributed by atoms with van der Waals surface area (Å²) in [5.74, 6) is 3.97. The molecule has 54 valence electrons. The van der Waals surface area contributed by atoms with Crippen molar-refractivity contribution in [3.63, 3.8) is 0 Å². The SMILES string of the molecule is C#CCCCS(C)(C)C. The van der Waals surface area contributed by atoms with Crippen molar-refractivity contribution in [3.05, 3.63) is 0 Å². The minimum atomic E-state index is -0.292. The van der Waals surface area contributed by atoms with Gasteiger partial charge in [0.1, 0.15) is 0 Å². The third-order valence-corrected chi connectivity index (χ3v) is 2.59.